The van der Waals surface area contributed by atoms with Crippen LogP contribution in [0.5, 0.6) is 0 Å². The van der Waals surface area contributed by atoms with Gasteiger partial charge in [0.1, 0.15) is 23.6 Å². The van der Waals surface area contributed by atoms with E-state index in [0.29, 0.717) is 23.0 Å². The molecule has 3 heterocycles. The zero-order chi connectivity index (χ0) is 23.3. The fourth-order valence-electron chi connectivity index (χ4n) is 4.22. The molecule has 6 nitrogen and oxygen atoms in total. The second kappa shape index (κ2) is 7.80. The van der Waals surface area contributed by atoms with Crippen LogP contribution in [-0.4, -0.2) is 21.5 Å². The van der Waals surface area contributed by atoms with Crippen molar-refractivity contribution in [3.05, 3.63) is 92.8 Å². The first-order valence-electron chi connectivity index (χ1n) is 9.78. The first kappa shape index (κ1) is 20.8. The van der Waals surface area contributed by atoms with Crippen LogP contribution in [-0.2, 0) is 6.42 Å². The molecule has 0 saturated carbocycles. The Kier molecular flexibility index (Phi) is 4.92. The molecule has 1 N–H and O–H groups in total. The number of H-pyrrole nitrogens is 1. The number of hydrogen-bond acceptors (Lipinski definition) is 4. The van der Waals surface area contributed by atoms with Gasteiger partial charge in [-0.15, -0.1) is 0 Å². The van der Waals surface area contributed by atoms with Crippen LogP contribution in [0.25, 0.3) is 15.7 Å². The highest BCUT2D eigenvalue weighted by atomic mass is 35.5. The maximum absolute atomic E-state index is 15.0. The molecule has 2 aromatic heterocycles. The van der Waals surface area contributed by atoms with Crippen LogP contribution < -0.4 is 4.90 Å². The van der Waals surface area contributed by atoms with E-state index in [1.165, 1.54) is 30.3 Å². The summed E-state index contributed by atoms with van der Waals surface area (Å²) in [5.41, 5.74) is 1.71. The van der Waals surface area contributed by atoms with Crippen molar-refractivity contribution in [2.24, 2.45) is 0 Å². The van der Waals surface area contributed by atoms with Gasteiger partial charge in [-0.2, -0.15) is 10.2 Å². The van der Waals surface area contributed by atoms with Gasteiger partial charge in [0.2, 0.25) is 0 Å². The number of nitrogens with zero attached hydrogens (tertiary/aromatic N) is 5. The molecular weight excluding hydrogens is 453 g/mol. The molecule has 0 saturated heterocycles. The monoisotopic (exact) mass is 464 g/mol. The second-order valence-corrected chi connectivity index (χ2v) is 7.86. The van der Waals surface area contributed by atoms with E-state index in [0.717, 1.165) is 11.6 Å². The van der Waals surface area contributed by atoms with Gasteiger partial charge in [-0.05, 0) is 30.2 Å². The molecule has 0 amide bonds. The molecule has 1 aliphatic heterocycles. The van der Waals surface area contributed by atoms with E-state index in [4.69, 9.17) is 18.2 Å². The highest BCUT2D eigenvalue weighted by molar-refractivity contribution is 6.31. The minimum atomic E-state index is -1.05. The van der Waals surface area contributed by atoms with Crippen LogP contribution in [0.4, 0.5) is 24.9 Å². The van der Waals surface area contributed by atoms with Crippen LogP contribution in [0.15, 0.2) is 36.4 Å². The summed E-state index contributed by atoms with van der Waals surface area (Å²) in [4.78, 5) is 16.4. The Labute approximate surface area is 190 Å². The Morgan fingerprint density at radius 3 is 2.76 bits per heavy atom. The quantitative estimate of drug-likeness (QED) is 0.392. The Bertz CT molecular complexity index is 1490. The average molecular weight is 465 g/mol. The number of rotatable bonds is 2. The Balaban J connectivity index is 1.78. The normalized spacial score (nSPS) is 15.2. The molecule has 0 spiro atoms. The van der Waals surface area contributed by atoms with Crippen LogP contribution in [0.3, 0.4) is 0 Å². The maximum Gasteiger partial charge on any atom is 0.324 e. The summed E-state index contributed by atoms with van der Waals surface area (Å²) in [6.45, 7) is 7.54. The number of halogens is 4. The summed E-state index contributed by atoms with van der Waals surface area (Å²) in [5.74, 6) is -2.71. The van der Waals surface area contributed by atoms with Crippen LogP contribution >= 0.6 is 11.6 Å². The summed E-state index contributed by atoms with van der Waals surface area (Å²) < 4.78 is 43.3. The van der Waals surface area contributed by atoms with Crippen molar-refractivity contribution in [1.82, 2.24) is 15.0 Å². The molecule has 0 radical (unpaired) electrons. The van der Waals surface area contributed by atoms with Crippen LogP contribution in [0.1, 0.15) is 28.6 Å². The van der Waals surface area contributed by atoms with Gasteiger partial charge in [-0.3, -0.25) is 0 Å². The standard InChI is InChI=1S/C23H12ClF3N6/c1-29-19-7-11(10-28)30-23(32-19)33-6-5-12-14-8-15(24)17(26)9-18(14)31-21(12)22(33)13-3-2-4-16(25)20(13)27/h2-4,7-9,22,31H,5-6H2. The van der Waals surface area contributed by atoms with E-state index in [9.17, 15) is 14.0 Å². The molecule has 4 aromatic rings. The van der Waals surface area contributed by atoms with Crippen molar-refractivity contribution in [3.8, 4) is 6.07 Å². The van der Waals surface area contributed by atoms with E-state index in [1.807, 2.05) is 6.07 Å². The zero-order valence-electron chi connectivity index (χ0n) is 16.7. The van der Waals surface area contributed by atoms with E-state index in [1.54, 1.807) is 4.90 Å². The van der Waals surface area contributed by atoms with Gasteiger partial charge in [0.15, 0.2) is 11.6 Å². The summed E-state index contributed by atoms with van der Waals surface area (Å²) >= 11 is 5.99. The Hall–Kier alpha value is -4.08. The van der Waals surface area contributed by atoms with E-state index >= 15 is 4.39 Å². The van der Waals surface area contributed by atoms with Crippen LogP contribution in [0.2, 0.25) is 5.02 Å². The van der Waals surface area contributed by atoms with Gasteiger partial charge in [-0.25, -0.2) is 13.2 Å². The summed E-state index contributed by atoms with van der Waals surface area (Å²) in [5, 5.41) is 9.95. The largest absolute Gasteiger partial charge is 0.360 e. The zero-order valence-corrected chi connectivity index (χ0v) is 17.5. The summed E-state index contributed by atoms with van der Waals surface area (Å²) in [6, 6.07) is 8.80. The number of nitriles is 1. The molecule has 2 aromatic carbocycles. The van der Waals surface area contributed by atoms with E-state index in [-0.39, 0.29) is 34.6 Å². The number of anilines is 1. The average Bonchev–Trinajstić information content (AvgIpc) is 3.17. The maximum atomic E-state index is 15.0. The number of aromatic amines is 1. The Morgan fingerprint density at radius 2 is 2.00 bits per heavy atom. The number of aromatic nitrogens is 3. The van der Waals surface area contributed by atoms with Crippen LogP contribution in [0, 0.1) is 35.4 Å². The molecule has 1 atom stereocenters. The minimum Gasteiger partial charge on any atom is -0.360 e. The molecule has 0 fully saturated rings. The third kappa shape index (κ3) is 3.34. The molecule has 5 rings (SSSR count). The molecule has 1 unspecified atom stereocenters. The first-order valence-corrected chi connectivity index (χ1v) is 10.2. The number of hydrogen-bond donors (Lipinski definition) is 1. The predicted octanol–water partition coefficient (Wildman–Crippen LogP) is 5.60. The minimum absolute atomic E-state index is 0.00407. The lowest BCUT2D eigenvalue weighted by Gasteiger charge is -2.35. The fourth-order valence-corrected chi connectivity index (χ4v) is 4.38. The van der Waals surface area contributed by atoms with Gasteiger partial charge in [-0.1, -0.05) is 35.3 Å². The highest BCUT2D eigenvalue weighted by Gasteiger charge is 2.37. The van der Waals surface area contributed by atoms with Gasteiger partial charge in [0.25, 0.3) is 5.82 Å². The molecule has 0 aliphatic carbocycles. The lowest BCUT2D eigenvalue weighted by Crippen LogP contribution is -2.38. The lowest BCUT2D eigenvalue weighted by molar-refractivity contribution is 0.485. The van der Waals surface area contributed by atoms with Crippen molar-refractivity contribution in [1.29, 1.82) is 5.26 Å². The third-order valence-electron chi connectivity index (χ3n) is 5.63. The molecule has 1 aliphatic rings. The van der Waals surface area contributed by atoms with Gasteiger partial charge < -0.3 is 14.7 Å². The number of nitrogens with one attached hydrogen (secondary N) is 1. The van der Waals surface area contributed by atoms with Crippen molar-refractivity contribution >= 4 is 34.3 Å². The van der Waals surface area contributed by atoms with Gasteiger partial charge >= 0.3 is 5.95 Å². The van der Waals surface area contributed by atoms with E-state index < -0.39 is 23.5 Å². The van der Waals surface area contributed by atoms with Crippen molar-refractivity contribution in [2.45, 2.75) is 12.5 Å². The van der Waals surface area contributed by atoms with Gasteiger partial charge in [0, 0.05) is 34.8 Å². The van der Waals surface area contributed by atoms with Crippen molar-refractivity contribution in [2.75, 3.05) is 11.4 Å². The predicted molar refractivity (Wildman–Crippen MR) is 116 cm³/mol. The molecule has 33 heavy (non-hydrogen) atoms. The third-order valence-corrected chi connectivity index (χ3v) is 5.92. The Morgan fingerprint density at radius 1 is 1.18 bits per heavy atom. The molecule has 162 valence electrons. The molecular formula is C23H12ClF3N6. The van der Waals surface area contributed by atoms with E-state index in [2.05, 4.69) is 19.8 Å². The van der Waals surface area contributed by atoms with Crippen molar-refractivity contribution in [3.63, 3.8) is 0 Å². The highest BCUT2D eigenvalue weighted by Crippen LogP contribution is 2.42. The number of fused-ring (bicyclic) bond motifs is 3. The van der Waals surface area contributed by atoms with Crippen molar-refractivity contribution < 1.29 is 13.2 Å². The molecule has 0 bridgehead atoms. The summed E-state index contributed by atoms with van der Waals surface area (Å²) in [6.07, 6.45) is 0.429. The summed E-state index contributed by atoms with van der Waals surface area (Å²) in [7, 11) is 0. The van der Waals surface area contributed by atoms with Gasteiger partial charge in [0.05, 0.1) is 5.02 Å². The smallest absolute Gasteiger partial charge is 0.324 e. The number of benzene rings is 2. The fraction of sp³-hybridized carbons (Fsp3) is 0.130. The first-order chi connectivity index (χ1) is 15.9. The lowest BCUT2D eigenvalue weighted by atomic mass is 9.92. The molecule has 10 heteroatoms. The SMILES string of the molecule is [C-]#[N+]c1cc(C#N)nc(N2CCc3c([nH]c4cc(F)c(Cl)cc34)C2c2cccc(F)c2F)n1. The second-order valence-electron chi connectivity index (χ2n) is 7.45. The topological polar surface area (TPSA) is 73.0 Å².